The van der Waals surface area contributed by atoms with Crippen LogP contribution in [0.2, 0.25) is 0 Å². The lowest BCUT2D eigenvalue weighted by molar-refractivity contribution is -0.137. The summed E-state index contributed by atoms with van der Waals surface area (Å²) in [5, 5.41) is 29.5. The van der Waals surface area contributed by atoms with Gasteiger partial charge in [-0.05, 0) is 50.0 Å². The molecule has 1 aromatic rings. The Morgan fingerprint density at radius 2 is 2.03 bits per heavy atom. The predicted molar refractivity (Wildman–Crippen MR) is 110 cm³/mol. The summed E-state index contributed by atoms with van der Waals surface area (Å²) in [4.78, 5) is 10.7. The third-order valence-corrected chi connectivity index (χ3v) is 6.25. The third-order valence-electron chi connectivity index (χ3n) is 6.25. The van der Waals surface area contributed by atoms with Crippen LogP contribution < -0.4 is 0 Å². The van der Waals surface area contributed by atoms with Crippen molar-refractivity contribution in [1.29, 1.82) is 0 Å². The first-order valence-electron chi connectivity index (χ1n) is 10.8. The fourth-order valence-electron chi connectivity index (χ4n) is 4.59. The smallest absolute Gasteiger partial charge is 0.303 e. The zero-order valence-electron chi connectivity index (χ0n) is 16.9. The van der Waals surface area contributed by atoms with E-state index in [9.17, 15) is 15.0 Å². The average molecular weight is 401 g/mol. The molecule has 158 valence electrons. The summed E-state index contributed by atoms with van der Waals surface area (Å²) in [6.45, 7) is 0.632. The van der Waals surface area contributed by atoms with Gasteiger partial charge in [0.15, 0.2) is 0 Å². The lowest BCUT2D eigenvalue weighted by Crippen LogP contribution is -2.21. The van der Waals surface area contributed by atoms with Crippen LogP contribution in [-0.4, -0.2) is 46.2 Å². The third kappa shape index (κ3) is 6.57. The lowest BCUT2D eigenvalue weighted by Gasteiger charge is -2.19. The highest BCUT2D eigenvalue weighted by atomic mass is 16.5. The number of rotatable bonds is 7. The van der Waals surface area contributed by atoms with Gasteiger partial charge in [-0.25, -0.2) is 0 Å². The highest BCUT2D eigenvalue weighted by Crippen LogP contribution is 2.41. The number of aliphatic hydroxyl groups is 2. The van der Waals surface area contributed by atoms with Gasteiger partial charge in [-0.15, -0.1) is 0 Å². The van der Waals surface area contributed by atoms with E-state index >= 15 is 0 Å². The van der Waals surface area contributed by atoms with Gasteiger partial charge in [-0.1, -0.05) is 42.2 Å². The van der Waals surface area contributed by atoms with Gasteiger partial charge in [-0.2, -0.15) is 0 Å². The molecule has 1 heterocycles. The minimum absolute atomic E-state index is 0.00948. The Kier molecular flexibility index (Phi) is 8.11. The Balaban J connectivity index is 1.51. The van der Waals surface area contributed by atoms with Crippen molar-refractivity contribution in [3.8, 4) is 11.8 Å². The molecule has 3 N–H and O–H groups in total. The molecule has 0 amide bonds. The Morgan fingerprint density at radius 1 is 1.24 bits per heavy atom. The normalized spacial score (nSPS) is 29.9. The lowest BCUT2D eigenvalue weighted by atomic mass is 9.87. The molecule has 1 aliphatic heterocycles. The number of ether oxygens (including phenoxy) is 1. The molecule has 2 fully saturated rings. The van der Waals surface area contributed by atoms with Gasteiger partial charge in [0, 0.05) is 25.4 Å². The zero-order chi connectivity index (χ0) is 20.6. The van der Waals surface area contributed by atoms with Crippen LogP contribution in [0.5, 0.6) is 0 Å². The number of benzene rings is 1. The molecule has 5 heteroatoms. The molecule has 6 atom stereocenters. The number of carbonyl (C=O) groups is 1. The largest absolute Gasteiger partial charge is 0.481 e. The van der Waals surface area contributed by atoms with Crippen LogP contribution in [0.15, 0.2) is 30.3 Å². The molecule has 1 aromatic carbocycles. The fourth-order valence-corrected chi connectivity index (χ4v) is 4.59. The molecule has 1 saturated heterocycles. The van der Waals surface area contributed by atoms with Crippen LogP contribution in [-0.2, 0) is 16.0 Å². The van der Waals surface area contributed by atoms with Crippen molar-refractivity contribution in [2.45, 2.75) is 69.7 Å². The number of hydrogen-bond donors (Lipinski definition) is 3. The Bertz CT molecular complexity index is 707. The quantitative estimate of drug-likeness (QED) is 0.613. The van der Waals surface area contributed by atoms with Crippen molar-refractivity contribution in [2.75, 3.05) is 6.61 Å². The number of carboxylic acid groups (broad SMARTS) is 1. The first kappa shape index (κ1) is 21.8. The fraction of sp³-hybridized carbons (Fsp3) is 0.625. The summed E-state index contributed by atoms with van der Waals surface area (Å²) in [6.07, 6.45) is 4.40. The number of fused-ring (bicyclic) bond motifs is 1. The van der Waals surface area contributed by atoms with Crippen molar-refractivity contribution < 1.29 is 24.9 Å². The number of aliphatic hydroxyl groups excluding tert-OH is 2. The maximum Gasteiger partial charge on any atom is 0.303 e. The van der Waals surface area contributed by atoms with E-state index in [0.29, 0.717) is 31.8 Å². The summed E-state index contributed by atoms with van der Waals surface area (Å²) in [5.41, 5.74) is 1.18. The molecular formula is C24H32O5. The minimum atomic E-state index is -0.749. The summed E-state index contributed by atoms with van der Waals surface area (Å²) in [7, 11) is 0. The van der Waals surface area contributed by atoms with E-state index in [-0.39, 0.29) is 24.4 Å². The van der Waals surface area contributed by atoms with Crippen LogP contribution in [0, 0.1) is 29.6 Å². The maximum absolute atomic E-state index is 10.7. The summed E-state index contributed by atoms with van der Waals surface area (Å²) >= 11 is 0. The number of carboxylic acids is 1. The van der Waals surface area contributed by atoms with E-state index < -0.39 is 18.2 Å². The van der Waals surface area contributed by atoms with Crippen LogP contribution >= 0.6 is 0 Å². The van der Waals surface area contributed by atoms with Gasteiger partial charge in [0.2, 0.25) is 0 Å². The summed E-state index contributed by atoms with van der Waals surface area (Å²) in [6, 6.07) is 10.0. The topological polar surface area (TPSA) is 87.0 Å². The number of aryl methyl sites for hydroxylation is 1. The zero-order valence-corrected chi connectivity index (χ0v) is 16.9. The molecule has 3 rings (SSSR count). The molecule has 0 spiro atoms. The van der Waals surface area contributed by atoms with E-state index in [0.717, 1.165) is 25.7 Å². The van der Waals surface area contributed by atoms with Gasteiger partial charge >= 0.3 is 5.97 Å². The van der Waals surface area contributed by atoms with E-state index in [1.165, 1.54) is 5.56 Å². The Morgan fingerprint density at radius 3 is 2.79 bits per heavy atom. The molecule has 0 unspecified atom stereocenters. The Hall–Kier alpha value is -1.87. The summed E-state index contributed by atoms with van der Waals surface area (Å²) in [5.74, 6) is 5.77. The molecule has 0 radical (unpaired) electrons. The van der Waals surface area contributed by atoms with Crippen molar-refractivity contribution in [1.82, 2.24) is 0 Å². The highest BCUT2D eigenvalue weighted by Gasteiger charge is 2.43. The molecule has 5 nitrogen and oxygen atoms in total. The molecule has 2 aliphatic rings. The first-order valence-corrected chi connectivity index (χ1v) is 10.8. The maximum atomic E-state index is 10.7. The number of hydrogen-bond acceptors (Lipinski definition) is 4. The van der Waals surface area contributed by atoms with E-state index in [2.05, 4.69) is 11.8 Å². The standard InChI is InChI=1S/C24H32O5/c25-19(11-9-17-5-2-1-3-6-17)12-14-20-21-13-10-18(7-4-8-24(27)28)16-29-23(21)15-22(20)26/h1-3,5-6,18-23,25-26H,4,7-11,13,15-16H2,(H,27,28)/t18-,19-,20+,21+,22+,23-/m0/s1. The van der Waals surface area contributed by atoms with Crippen LogP contribution in [0.4, 0.5) is 0 Å². The minimum Gasteiger partial charge on any atom is -0.481 e. The average Bonchev–Trinajstić information content (AvgIpc) is 2.87. The van der Waals surface area contributed by atoms with E-state index in [1.54, 1.807) is 0 Å². The van der Waals surface area contributed by atoms with Crippen molar-refractivity contribution >= 4 is 5.97 Å². The van der Waals surface area contributed by atoms with Crippen molar-refractivity contribution in [2.24, 2.45) is 17.8 Å². The molecular weight excluding hydrogens is 368 g/mol. The second kappa shape index (κ2) is 10.8. The number of aliphatic carboxylic acids is 1. The van der Waals surface area contributed by atoms with Gasteiger partial charge in [0.05, 0.1) is 18.1 Å². The molecule has 0 aromatic heterocycles. The molecule has 1 aliphatic carbocycles. The van der Waals surface area contributed by atoms with E-state index in [4.69, 9.17) is 9.84 Å². The van der Waals surface area contributed by atoms with Crippen LogP contribution in [0.3, 0.4) is 0 Å². The molecule has 29 heavy (non-hydrogen) atoms. The second-order valence-electron chi connectivity index (χ2n) is 8.42. The van der Waals surface area contributed by atoms with Crippen molar-refractivity contribution in [3.05, 3.63) is 35.9 Å². The molecule has 0 bridgehead atoms. The van der Waals surface area contributed by atoms with Crippen LogP contribution in [0.1, 0.15) is 50.5 Å². The second-order valence-corrected chi connectivity index (χ2v) is 8.42. The van der Waals surface area contributed by atoms with Gasteiger partial charge in [-0.3, -0.25) is 4.79 Å². The highest BCUT2D eigenvalue weighted by molar-refractivity contribution is 5.66. The van der Waals surface area contributed by atoms with E-state index in [1.807, 2.05) is 30.3 Å². The van der Waals surface area contributed by atoms with Gasteiger partial charge < -0.3 is 20.1 Å². The monoisotopic (exact) mass is 400 g/mol. The van der Waals surface area contributed by atoms with Gasteiger partial charge in [0.25, 0.3) is 0 Å². The predicted octanol–water partition coefficient (Wildman–Crippen LogP) is 3.03. The Labute approximate surface area is 173 Å². The van der Waals surface area contributed by atoms with Crippen LogP contribution in [0.25, 0.3) is 0 Å². The SMILES string of the molecule is O=C(O)CCC[C@H]1CC[C@@H]2[C@@H](C#C[C@@H](O)CCc3ccccc3)[C@H](O)C[C@@H]2OC1. The van der Waals surface area contributed by atoms with Crippen molar-refractivity contribution in [3.63, 3.8) is 0 Å². The molecule has 1 saturated carbocycles. The first-order chi connectivity index (χ1) is 14.0. The summed E-state index contributed by atoms with van der Waals surface area (Å²) < 4.78 is 6.07. The van der Waals surface area contributed by atoms with Gasteiger partial charge in [0.1, 0.15) is 6.10 Å².